The maximum Gasteiger partial charge on any atom is 0.412 e. The molecule has 6 heteroatoms. The molecule has 1 N–H and O–H groups in total. The summed E-state index contributed by atoms with van der Waals surface area (Å²) in [5.74, 6) is 0.596. The lowest BCUT2D eigenvalue weighted by atomic mass is 9.93. The topological polar surface area (TPSA) is 77.0 Å². The average molecular weight is 306 g/mol. The van der Waals surface area contributed by atoms with Crippen molar-refractivity contribution in [3.8, 4) is 5.75 Å². The van der Waals surface area contributed by atoms with Crippen LogP contribution < -0.4 is 10.1 Å². The standard InChI is InChI=1S/C16H22N2O4/c1-15(2,3)22-14(20)18-13-8-7-11(21-6)9-12(13)16(4,5)17-10-19/h7-9H,1-6H3,(H,18,20). The molecule has 0 radical (unpaired) electrons. The SMILES string of the molecule is COc1ccc(NC(=O)OC(C)(C)C)c(C(C)(C)N=C=O)c1. The monoisotopic (exact) mass is 306 g/mol. The first-order valence-electron chi connectivity index (χ1n) is 6.86. The lowest BCUT2D eigenvalue weighted by Crippen LogP contribution is -2.28. The van der Waals surface area contributed by atoms with E-state index in [1.807, 2.05) is 0 Å². The van der Waals surface area contributed by atoms with Crippen LogP contribution in [0.1, 0.15) is 40.2 Å². The maximum atomic E-state index is 11.9. The van der Waals surface area contributed by atoms with Crippen LogP contribution in [0.25, 0.3) is 0 Å². The molecule has 0 aromatic heterocycles. The normalized spacial score (nSPS) is 11.4. The molecule has 0 heterocycles. The quantitative estimate of drug-likeness (QED) is 0.681. The number of isocyanates is 1. The first-order chi connectivity index (χ1) is 10.1. The Morgan fingerprint density at radius 2 is 1.86 bits per heavy atom. The van der Waals surface area contributed by atoms with Crippen molar-refractivity contribution in [2.24, 2.45) is 4.99 Å². The van der Waals surface area contributed by atoms with Crippen molar-refractivity contribution in [1.29, 1.82) is 0 Å². The highest BCUT2D eigenvalue weighted by Gasteiger charge is 2.26. The summed E-state index contributed by atoms with van der Waals surface area (Å²) < 4.78 is 10.4. The van der Waals surface area contributed by atoms with Gasteiger partial charge in [0.1, 0.15) is 11.4 Å². The smallest absolute Gasteiger partial charge is 0.412 e. The van der Waals surface area contributed by atoms with E-state index in [1.54, 1.807) is 58.9 Å². The molecule has 0 aliphatic carbocycles. The Hall–Kier alpha value is -2.33. The fourth-order valence-electron chi connectivity index (χ4n) is 1.85. The van der Waals surface area contributed by atoms with E-state index in [-0.39, 0.29) is 0 Å². The van der Waals surface area contributed by atoms with E-state index in [1.165, 1.54) is 7.11 Å². The summed E-state index contributed by atoms with van der Waals surface area (Å²) in [5.41, 5.74) is -0.339. The summed E-state index contributed by atoms with van der Waals surface area (Å²) in [5, 5.41) is 2.68. The summed E-state index contributed by atoms with van der Waals surface area (Å²) in [6.07, 6.45) is 0.974. The summed E-state index contributed by atoms with van der Waals surface area (Å²) in [6, 6.07) is 5.10. The van der Waals surface area contributed by atoms with Gasteiger partial charge in [0.25, 0.3) is 0 Å². The van der Waals surface area contributed by atoms with E-state index in [4.69, 9.17) is 9.47 Å². The molecule has 1 amide bonds. The molecule has 1 rings (SSSR count). The van der Waals surface area contributed by atoms with Gasteiger partial charge in [-0.25, -0.2) is 9.59 Å². The van der Waals surface area contributed by atoms with E-state index in [9.17, 15) is 9.59 Å². The van der Waals surface area contributed by atoms with Gasteiger partial charge in [-0.15, -0.1) is 0 Å². The summed E-state index contributed by atoms with van der Waals surface area (Å²) >= 11 is 0. The number of nitrogens with one attached hydrogen (secondary N) is 1. The van der Waals surface area contributed by atoms with E-state index >= 15 is 0 Å². The van der Waals surface area contributed by atoms with Crippen LogP contribution in [0.4, 0.5) is 10.5 Å². The van der Waals surface area contributed by atoms with Crippen molar-refractivity contribution in [2.45, 2.75) is 45.8 Å². The minimum absolute atomic E-state index is 0.499. The highest BCUT2D eigenvalue weighted by atomic mass is 16.6. The van der Waals surface area contributed by atoms with Gasteiger partial charge < -0.3 is 9.47 Å². The average Bonchev–Trinajstić information content (AvgIpc) is 2.36. The molecule has 0 saturated heterocycles. The largest absolute Gasteiger partial charge is 0.497 e. The highest BCUT2D eigenvalue weighted by Crippen LogP contribution is 2.34. The Morgan fingerprint density at radius 3 is 2.36 bits per heavy atom. The van der Waals surface area contributed by atoms with Crippen LogP contribution in [0.5, 0.6) is 5.75 Å². The maximum absolute atomic E-state index is 11.9. The zero-order chi connectivity index (χ0) is 17.0. The van der Waals surface area contributed by atoms with Crippen molar-refractivity contribution >= 4 is 17.9 Å². The number of aliphatic imine (C=N–C) groups is 1. The predicted octanol–water partition coefficient (Wildman–Crippen LogP) is 3.61. The van der Waals surface area contributed by atoms with Gasteiger partial charge in [0.15, 0.2) is 0 Å². The third-order valence-electron chi connectivity index (χ3n) is 2.85. The Labute approximate surface area is 130 Å². The molecule has 6 nitrogen and oxygen atoms in total. The Bertz CT molecular complexity index is 597. The second-order valence-electron chi connectivity index (χ2n) is 6.30. The molecular formula is C16H22N2O4. The first-order valence-corrected chi connectivity index (χ1v) is 6.86. The van der Waals surface area contributed by atoms with Crippen LogP contribution in [0.3, 0.4) is 0 Å². The van der Waals surface area contributed by atoms with Gasteiger partial charge in [-0.3, -0.25) is 5.32 Å². The molecule has 0 atom stereocenters. The number of nitrogens with zero attached hydrogens (tertiary/aromatic N) is 1. The lowest BCUT2D eigenvalue weighted by molar-refractivity contribution is 0.0635. The van der Waals surface area contributed by atoms with E-state index < -0.39 is 17.2 Å². The van der Waals surface area contributed by atoms with Crippen LogP contribution in [-0.4, -0.2) is 24.9 Å². The number of anilines is 1. The Morgan fingerprint density at radius 1 is 1.23 bits per heavy atom. The molecular weight excluding hydrogens is 284 g/mol. The molecule has 0 fully saturated rings. The van der Waals surface area contributed by atoms with Gasteiger partial charge in [-0.2, -0.15) is 4.99 Å². The number of amides is 1. The molecule has 0 aliphatic rings. The van der Waals surface area contributed by atoms with Crippen LogP contribution in [0.2, 0.25) is 0 Å². The first kappa shape index (κ1) is 17.7. The molecule has 1 aromatic carbocycles. The second kappa shape index (κ2) is 6.62. The number of rotatable bonds is 4. The van der Waals surface area contributed by atoms with Crippen molar-refractivity contribution in [1.82, 2.24) is 0 Å². The number of carbonyl (C=O) groups excluding carboxylic acids is 2. The predicted molar refractivity (Wildman–Crippen MR) is 84.0 cm³/mol. The van der Waals surface area contributed by atoms with Crippen LogP contribution in [0, 0.1) is 0 Å². The zero-order valence-electron chi connectivity index (χ0n) is 13.8. The van der Waals surface area contributed by atoms with Crippen molar-refractivity contribution < 1.29 is 19.1 Å². The van der Waals surface area contributed by atoms with Crippen LogP contribution in [-0.2, 0) is 15.1 Å². The van der Waals surface area contributed by atoms with Gasteiger partial charge in [0.2, 0.25) is 6.08 Å². The highest BCUT2D eigenvalue weighted by molar-refractivity contribution is 5.86. The molecule has 22 heavy (non-hydrogen) atoms. The summed E-state index contributed by atoms with van der Waals surface area (Å²) in [7, 11) is 1.54. The zero-order valence-corrected chi connectivity index (χ0v) is 13.8. The van der Waals surface area contributed by atoms with Gasteiger partial charge in [-0.1, -0.05) is 0 Å². The van der Waals surface area contributed by atoms with Crippen LogP contribution in [0.15, 0.2) is 23.2 Å². The van der Waals surface area contributed by atoms with Crippen LogP contribution >= 0.6 is 0 Å². The summed E-state index contributed by atoms with van der Waals surface area (Å²) in [6.45, 7) is 8.83. The number of methoxy groups -OCH3 is 1. The van der Waals surface area contributed by atoms with Crippen molar-refractivity contribution in [3.63, 3.8) is 0 Å². The second-order valence-corrected chi connectivity index (χ2v) is 6.30. The van der Waals surface area contributed by atoms with E-state index in [0.717, 1.165) is 0 Å². The Kier molecular flexibility index (Phi) is 5.33. The molecule has 0 spiro atoms. The lowest BCUT2D eigenvalue weighted by Gasteiger charge is -2.24. The Balaban J connectivity index is 3.19. The van der Waals surface area contributed by atoms with Gasteiger partial charge in [0.05, 0.1) is 12.6 Å². The fourth-order valence-corrected chi connectivity index (χ4v) is 1.85. The molecule has 0 bridgehead atoms. The van der Waals surface area contributed by atoms with Gasteiger partial charge >= 0.3 is 6.09 Å². The van der Waals surface area contributed by atoms with E-state index in [2.05, 4.69) is 10.3 Å². The molecule has 0 aliphatic heterocycles. The molecule has 0 unspecified atom stereocenters. The number of hydrogen-bond acceptors (Lipinski definition) is 5. The molecule has 0 saturated carbocycles. The fraction of sp³-hybridized carbons (Fsp3) is 0.500. The summed E-state index contributed by atoms with van der Waals surface area (Å²) in [4.78, 5) is 26.4. The number of benzene rings is 1. The number of hydrogen-bond donors (Lipinski definition) is 1. The van der Waals surface area contributed by atoms with Crippen molar-refractivity contribution in [3.05, 3.63) is 23.8 Å². The third kappa shape index (κ3) is 4.90. The number of ether oxygens (including phenoxy) is 2. The van der Waals surface area contributed by atoms with Gasteiger partial charge in [-0.05, 0) is 52.8 Å². The minimum atomic E-state index is -0.860. The third-order valence-corrected chi connectivity index (χ3v) is 2.85. The molecule has 120 valence electrons. The van der Waals surface area contributed by atoms with E-state index in [0.29, 0.717) is 17.0 Å². The minimum Gasteiger partial charge on any atom is -0.497 e. The number of carbonyl (C=O) groups is 1. The van der Waals surface area contributed by atoms with Crippen molar-refractivity contribution in [2.75, 3.05) is 12.4 Å². The van der Waals surface area contributed by atoms with Gasteiger partial charge in [0, 0.05) is 11.3 Å². The molecule has 1 aromatic rings.